The average Bonchev–Trinajstić information content (AvgIpc) is 2.69. The maximum atomic E-state index is 12.4. The fraction of sp³-hybridized carbons (Fsp3) is 0.105. The molecule has 0 aliphatic carbocycles. The van der Waals surface area contributed by atoms with Crippen LogP contribution in [0.4, 0.5) is 11.4 Å². The number of carbonyl (C=O) groups excluding carboxylic acids is 1. The summed E-state index contributed by atoms with van der Waals surface area (Å²) in [6.07, 6.45) is 1.23. The van der Waals surface area contributed by atoms with E-state index in [1.807, 2.05) is 30.3 Å². The van der Waals surface area contributed by atoms with Gasteiger partial charge in [-0.3, -0.25) is 14.9 Å². The number of hydrogen-bond acceptors (Lipinski definition) is 6. The molecule has 0 atom stereocenters. The fourth-order valence-electron chi connectivity index (χ4n) is 2.32. The summed E-state index contributed by atoms with van der Waals surface area (Å²) in [5, 5.41) is 13.5. The number of non-ortho nitro benzene ring substituents is 1. The number of nitrogens with zero attached hydrogens (tertiary/aromatic N) is 3. The molecular formula is C19H16N4O4. The Hall–Kier alpha value is -3.81. The quantitative estimate of drug-likeness (QED) is 0.530. The van der Waals surface area contributed by atoms with Gasteiger partial charge in [0, 0.05) is 18.2 Å². The van der Waals surface area contributed by atoms with Crippen molar-refractivity contribution in [2.24, 2.45) is 0 Å². The van der Waals surface area contributed by atoms with Gasteiger partial charge in [-0.05, 0) is 18.1 Å². The number of benzene rings is 2. The summed E-state index contributed by atoms with van der Waals surface area (Å²) in [5.41, 5.74) is 2.00. The fourth-order valence-corrected chi connectivity index (χ4v) is 2.32. The molecule has 0 spiro atoms. The molecule has 0 bridgehead atoms. The number of nitrogens with one attached hydrogen (secondary N) is 1. The number of aromatic nitrogens is 2. The van der Waals surface area contributed by atoms with Crippen molar-refractivity contribution in [3.05, 3.63) is 87.9 Å². The van der Waals surface area contributed by atoms with Crippen LogP contribution in [0.5, 0.6) is 5.88 Å². The van der Waals surface area contributed by atoms with Crippen molar-refractivity contribution in [2.45, 2.75) is 13.5 Å². The molecule has 8 nitrogen and oxygen atoms in total. The molecule has 27 heavy (non-hydrogen) atoms. The lowest BCUT2D eigenvalue weighted by atomic mass is 10.1. The molecule has 136 valence electrons. The molecule has 1 heterocycles. The molecule has 1 N–H and O–H groups in total. The molecule has 0 fully saturated rings. The van der Waals surface area contributed by atoms with Crippen LogP contribution < -0.4 is 10.1 Å². The highest BCUT2D eigenvalue weighted by Gasteiger charge is 2.14. The number of hydrogen-bond donors (Lipinski definition) is 1. The molecule has 0 saturated heterocycles. The Balaban J connectivity index is 1.72. The predicted molar refractivity (Wildman–Crippen MR) is 98.6 cm³/mol. The predicted octanol–water partition coefficient (Wildman–Crippen LogP) is 3.52. The number of aryl methyl sites for hydroxylation is 1. The van der Waals surface area contributed by atoms with Crippen LogP contribution in [0.3, 0.4) is 0 Å². The molecule has 0 radical (unpaired) electrons. The molecule has 3 rings (SSSR count). The van der Waals surface area contributed by atoms with Gasteiger partial charge in [-0.1, -0.05) is 36.4 Å². The normalized spacial score (nSPS) is 10.3. The minimum Gasteiger partial charge on any atom is -0.473 e. The molecule has 1 amide bonds. The highest BCUT2D eigenvalue weighted by molar-refractivity contribution is 6.03. The van der Waals surface area contributed by atoms with Crippen molar-refractivity contribution in [2.75, 3.05) is 5.32 Å². The van der Waals surface area contributed by atoms with Gasteiger partial charge >= 0.3 is 0 Å². The third-order valence-corrected chi connectivity index (χ3v) is 3.78. The van der Waals surface area contributed by atoms with Gasteiger partial charge in [-0.25, -0.2) is 9.97 Å². The van der Waals surface area contributed by atoms with E-state index >= 15 is 0 Å². The van der Waals surface area contributed by atoms with E-state index in [4.69, 9.17) is 4.74 Å². The number of rotatable bonds is 6. The number of ether oxygens (including phenoxy) is 1. The first-order valence-electron chi connectivity index (χ1n) is 8.08. The average molecular weight is 364 g/mol. The summed E-state index contributed by atoms with van der Waals surface area (Å²) in [7, 11) is 0. The number of anilines is 1. The zero-order chi connectivity index (χ0) is 19.2. The summed E-state index contributed by atoms with van der Waals surface area (Å²) in [6, 6.07) is 15.2. The molecular weight excluding hydrogens is 348 g/mol. The first-order valence-corrected chi connectivity index (χ1v) is 8.08. The lowest BCUT2D eigenvalue weighted by Gasteiger charge is -2.09. The zero-order valence-electron chi connectivity index (χ0n) is 14.5. The van der Waals surface area contributed by atoms with Crippen molar-refractivity contribution >= 4 is 17.3 Å². The van der Waals surface area contributed by atoms with Gasteiger partial charge in [0.2, 0.25) is 5.88 Å². The van der Waals surface area contributed by atoms with E-state index in [0.717, 1.165) is 5.56 Å². The molecule has 2 aromatic carbocycles. The van der Waals surface area contributed by atoms with Gasteiger partial charge in [0.05, 0.1) is 10.6 Å². The lowest BCUT2D eigenvalue weighted by molar-refractivity contribution is -0.384. The van der Waals surface area contributed by atoms with Crippen molar-refractivity contribution in [1.29, 1.82) is 0 Å². The van der Waals surface area contributed by atoms with Crippen LogP contribution in [0.15, 0.2) is 60.9 Å². The van der Waals surface area contributed by atoms with Gasteiger partial charge in [-0.2, -0.15) is 0 Å². The van der Waals surface area contributed by atoms with E-state index in [2.05, 4.69) is 15.3 Å². The van der Waals surface area contributed by atoms with Crippen LogP contribution in [0.25, 0.3) is 0 Å². The van der Waals surface area contributed by atoms with Crippen molar-refractivity contribution in [1.82, 2.24) is 9.97 Å². The molecule has 8 heteroatoms. The van der Waals surface area contributed by atoms with Crippen molar-refractivity contribution in [3.8, 4) is 5.88 Å². The molecule has 0 aliphatic heterocycles. The standard InChI is InChI=1S/C19H16N4O4/c1-13-7-8-15(23(25)26)9-16(13)22-19(24)17-10-18(21-12-20-17)27-11-14-5-3-2-4-6-14/h2-10,12H,11H2,1H3,(H,22,24). The van der Waals surface area contributed by atoms with E-state index in [1.54, 1.807) is 13.0 Å². The topological polar surface area (TPSA) is 107 Å². The Kier molecular flexibility index (Phi) is 5.36. The smallest absolute Gasteiger partial charge is 0.274 e. The Morgan fingerprint density at radius 1 is 1.15 bits per heavy atom. The second kappa shape index (κ2) is 8.05. The van der Waals surface area contributed by atoms with Crippen LogP contribution >= 0.6 is 0 Å². The number of carbonyl (C=O) groups is 1. The van der Waals surface area contributed by atoms with Gasteiger partial charge in [0.15, 0.2) is 0 Å². The van der Waals surface area contributed by atoms with Gasteiger partial charge in [-0.15, -0.1) is 0 Å². The minimum absolute atomic E-state index is 0.0963. The van der Waals surface area contributed by atoms with Gasteiger partial charge in [0.1, 0.15) is 18.6 Å². The van der Waals surface area contributed by atoms with Gasteiger partial charge in [0.25, 0.3) is 11.6 Å². The molecule has 1 aromatic heterocycles. The third-order valence-electron chi connectivity index (χ3n) is 3.78. The summed E-state index contributed by atoms with van der Waals surface area (Å²) in [6.45, 7) is 2.05. The number of nitro groups is 1. The van der Waals surface area contributed by atoms with Crippen molar-refractivity contribution in [3.63, 3.8) is 0 Å². The lowest BCUT2D eigenvalue weighted by Crippen LogP contribution is -2.15. The third kappa shape index (κ3) is 4.63. The number of nitro benzene ring substituents is 1. The van der Waals surface area contributed by atoms with E-state index in [0.29, 0.717) is 17.9 Å². The maximum absolute atomic E-state index is 12.4. The Labute approximate surface area is 155 Å². The van der Waals surface area contributed by atoms with Crippen molar-refractivity contribution < 1.29 is 14.5 Å². The summed E-state index contributed by atoms with van der Waals surface area (Å²) in [5.74, 6) is -0.250. The molecule has 3 aromatic rings. The summed E-state index contributed by atoms with van der Waals surface area (Å²) < 4.78 is 5.59. The molecule has 0 unspecified atom stereocenters. The Bertz CT molecular complexity index is 976. The Morgan fingerprint density at radius 2 is 1.93 bits per heavy atom. The molecule has 0 saturated carbocycles. The second-order valence-electron chi connectivity index (χ2n) is 5.73. The van der Waals surface area contributed by atoms with E-state index in [-0.39, 0.29) is 17.3 Å². The number of amides is 1. The van der Waals surface area contributed by atoms with Crippen LogP contribution in [0, 0.1) is 17.0 Å². The van der Waals surface area contributed by atoms with Crippen LogP contribution in [-0.4, -0.2) is 20.8 Å². The Morgan fingerprint density at radius 3 is 2.67 bits per heavy atom. The first kappa shape index (κ1) is 18.0. The van der Waals surface area contributed by atoms with Crippen LogP contribution in [0.2, 0.25) is 0 Å². The van der Waals surface area contributed by atoms with E-state index in [9.17, 15) is 14.9 Å². The SMILES string of the molecule is Cc1ccc([N+](=O)[O-])cc1NC(=O)c1cc(OCc2ccccc2)ncn1. The summed E-state index contributed by atoms with van der Waals surface area (Å²) in [4.78, 5) is 30.8. The van der Waals surface area contributed by atoms with E-state index in [1.165, 1.54) is 24.5 Å². The second-order valence-corrected chi connectivity index (χ2v) is 5.73. The largest absolute Gasteiger partial charge is 0.473 e. The highest BCUT2D eigenvalue weighted by Crippen LogP contribution is 2.22. The molecule has 0 aliphatic rings. The first-order chi connectivity index (χ1) is 13.0. The van der Waals surface area contributed by atoms with Crippen LogP contribution in [-0.2, 0) is 6.61 Å². The minimum atomic E-state index is -0.519. The van der Waals surface area contributed by atoms with E-state index < -0.39 is 10.8 Å². The highest BCUT2D eigenvalue weighted by atomic mass is 16.6. The maximum Gasteiger partial charge on any atom is 0.274 e. The zero-order valence-corrected chi connectivity index (χ0v) is 14.5. The van der Waals surface area contributed by atoms with Gasteiger partial charge < -0.3 is 10.1 Å². The van der Waals surface area contributed by atoms with Crippen LogP contribution in [0.1, 0.15) is 21.6 Å². The monoisotopic (exact) mass is 364 g/mol. The summed E-state index contributed by atoms with van der Waals surface area (Å²) >= 11 is 0.